The fraction of sp³-hybridized carbons (Fsp3) is 0.500. The normalized spacial score (nSPS) is 10.4. The maximum absolute atomic E-state index is 11.5. The van der Waals surface area contributed by atoms with E-state index >= 15 is 0 Å². The van der Waals surface area contributed by atoms with Gasteiger partial charge in [-0.1, -0.05) is 13.8 Å². The summed E-state index contributed by atoms with van der Waals surface area (Å²) < 4.78 is 0. The third-order valence-corrected chi connectivity index (χ3v) is 3.27. The van der Waals surface area contributed by atoms with E-state index in [4.69, 9.17) is 0 Å². The summed E-state index contributed by atoms with van der Waals surface area (Å²) in [5.74, 6) is 2.74. The van der Waals surface area contributed by atoms with Crippen LogP contribution >= 0.6 is 11.8 Å². The third kappa shape index (κ3) is 5.75. The lowest BCUT2D eigenvalue weighted by Crippen LogP contribution is -2.12. The van der Waals surface area contributed by atoms with Gasteiger partial charge in [0.1, 0.15) is 0 Å². The van der Waals surface area contributed by atoms with Gasteiger partial charge in [0.2, 0.25) is 5.91 Å². The smallest absolute Gasteiger partial charge is 0.225 e. The SMILES string of the molecule is CC(C)CSCCC(=O)Nc1cccnc1. The van der Waals surface area contributed by atoms with Crippen molar-refractivity contribution >= 4 is 23.4 Å². The van der Waals surface area contributed by atoms with E-state index in [-0.39, 0.29) is 5.91 Å². The second-order valence-electron chi connectivity index (χ2n) is 4.01. The highest BCUT2D eigenvalue weighted by Crippen LogP contribution is 2.10. The number of pyridine rings is 1. The number of amides is 1. The molecule has 1 heterocycles. The Kier molecular flexibility index (Phi) is 5.93. The zero-order chi connectivity index (χ0) is 11.8. The van der Waals surface area contributed by atoms with Crippen LogP contribution in [0.4, 0.5) is 5.69 Å². The summed E-state index contributed by atoms with van der Waals surface area (Å²) in [6.45, 7) is 4.37. The Hall–Kier alpha value is -1.03. The molecule has 0 saturated carbocycles. The minimum absolute atomic E-state index is 0.0595. The second kappa shape index (κ2) is 7.28. The van der Waals surface area contributed by atoms with Crippen LogP contribution in [0.1, 0.15) is 20.3 Å². The van der Waals surface area contributed by atoms with Crippen molar-refractivity contribution in [2.75, 3.05) is 16.8 Å². The van der Waals surface area contributed by atoms with Gasteiger partial charge in [-0.15, -0.1) is 0 Å². The Balaban J connectivity index is 2.17. The van der Waals surface area contributed by atoms with E-state index in [1.54, 1.807) is 12.4 Å². The molecule has 0 saturated heterocycles. The van der Waals surface area contributed by atoms with Crippen LogP contribution in [0.3, 0.4) is 0 Å². The molecule has 1 N–H and O–H groups in total. The Labute approximate surface area is 101 Å². The summed E-state index contributed by atoms with van der Waals surface area (Å²) in [4.78, 5) is 15.4. The van der Waals surface area contributed by atoms with Crippen LogP contribution in [0.25, 0.3) is 0 Å². The van der Waals surface area contributed by atoms with E-state index in [1.807, 2.05) is 23.9 Å². The van der Waals surface area contributed by atoms with Gasteiger partial charge >= 0.3 is 0 Å². The van der Waals surface area contributed by atoms with Gasteiger partial charge in [-0.3, -0.25) is 9.78 Å². The van der Waals surface area contributed by atoms with Gasteiger partial charge in [0.25, 0.3) is 0 Å². The van der Waals surface area contributed by atoms with Crippen molar-refractivity contribution in [2.45, 2.75) is 20.3 Å². The van der Waals surface area contributed by atoms with E-state index in [2.05, 4.69) is 24.1 Å². The van der Waals surface area contributed by atoms with Gasteiger partial charge in [-0.2, -0.15) is 11.8 Å². The van der Waals surface area contributed by atoms with E-state index in [0.29, 0.717) is 12.3 Å². The van der Waals surface area contributed by atoms with Crippen molar-refractivity contribution in [3.8, 4) is 0 Å². The molecule has 3 nitrogen and oxygen atoms in total. The molecule has 0 atom stereocenters. The largest absolute Gasteiger partial charge is 0.325 e. The number of aromatic nitrogens is 1. The molecule has 0 aromatic carbocycles. The lowest BCUT2D eigenvalue weighted by molar-refractivity contribution is -0.115. The molecule has 0 unspecified atom stereocenters. The molecule has 0 aliphatic carbocycles. The van der Waals surface area contributed by atoms with Gasteiger partial charge in [-0.25, -0.2) is 0 Å². The molecule has 0 aliphatic heterocycles. The van der Waals surface area contributed by atoms with Crippen LogP contribution in [-0.4, -0.2) is 22.4 Å². The zero-order valence-electron chi connectivity index (χ0n) is 9.77. The van der Waals surface area contributed by atoms with E-state index in [9.17, 15) is 4.79 Å². The monoisotopic (exact) mass is 238 g/mol. The molecule has 88 valence electrons. The maximum atomic E-state index is 11.5. The summed E-state index contributed by atoms with van der Waals surface area (Å²) in [5, 5.41) is 2.82. The molecule has 16 heavy (non-hydrogen) atoms. The van der Waals surface area contributed by atoms with Crippen molar-refractivity contribution in [3.05, 3.63) is 24.5 Å². The summed E-state index contributed by atoms with van der Waals surface area (Å²) in [7, 11) is 0. The van der Waals surface area contributed by atoms with Gasteiger partial charge < -0.3 is 5.32 Å². The molecular formula is C12H18N2OS. The van der Waals surface area contributed by atoms with Crippen LogP contribution in [-0.2, 0) is 4.79 Å². The number of hydrogen-bond donors (Lipinski definition) is 1. The van der Waals surface area contributed by atoms with Crippen LogP contribution in [0.5, 0.6) is 0 Å². The third-order valence-electron chi connectivity index (χ3n) is 1.87. The van der Waals surface area contributed by atoms with Crippen LogP contribution in [0.2, 0.25) is 0 Å². The molecule has 1 amide bonds. The molecule has 1 aromatic rings. The topological polar surface area (TPSA) is 42.0 Å². The predicted molar refractivity (Wildman–Crippen MR) is 69.6 cm³/mol. The number of rotatable bonds is 6. The van der Waals surface area contributed by atoms with Crippen molar-refractivity contribution in [1.82, 2.24) is 4.98 Å². The quantitative estimate of drug-likeness (QED) is 0.775. The van der Waals surface area contributed by atoms with E-state index < -0.39 is 0 Å². The zero-order valence-corrected chi connectivity index (χ0v) is 10.6. The standard InChI is InChI=1S/C12H18N2OS/c1-10(2)9-16-7-5-12(15)14-11-4-3-6-13-8-11/h3-4,6,8,10H,5,7,9H2,1-2H3,(H,14,15). The number of hydrogen-bond acceptors (Lipinski definition) is 3. The van der Waals surface area contributed by atoms with Gasteiger partial charge in [-0.05, 0) is 23.8 Å². The number of thioether (sulfide) groups is 1. The van der Waals surface area contributed by atoms with Crippen molar-refractivity contribution in [2.24, 2.45) is 5.92 Å². The first-order valence-corrected chi connectivity index (χ1v) is 6.61. The van der Waals surface area contributed by atoms with E-state index in [1.165, 1.54) is 0 Å². The number of nitrogens with one attached hydrogen (secondary N) is 1. The molecule has 0 spiro atoms. The first-order valence-electron chi connectivity index (χ1n) is 5.46. The Bertz CT molecular complexity index is 314. The van der Waals surface area contributed by atoms with Crippen molar-refractivity contribution in [1.29, 1.82) is 0 Å². The minimum Gasteiger partial charge on any atom is -0.325 e. The van der Waals surface area contributed by atoms with Gasteiger partial charge in [0, 0.05) is 18.4 Å². The highest BCUT2D eigenvalue weighted by Gasteiger charge is 2.02. The summed E-state index contributed by atoms with van der Waals surface area (Å²) in [6, 6.07) is 3.65. The number of carbonyl (C=O) groups excluding carboxylic acids is 1. The average molecular weight is 238 g/mol. The van der Waals surface area contributed by atoms with Gasteiger partial charge in [0.15, 0.2) is 0 Å². The predicted octanol–water partition coefficient (Wildman–Crippen LogP) is 2.80. The van der Waals surface area contributed by atoms with Crippen LogP contribution in [0, 0.1) is 5.92 Å². The molecule has 0 aliphatic rings. The van der Waals surface area contributed by atoms with E-state index in [0.717, 1.165) is 17.2 Å². The number of nitrogens with zero attached hydrogens (tertiary/aromatic N) is 1. The summed E-state index contributed by atoms with van der Waals surface area (Å²) in [5.41, 5.74) is 0.765. The summed E-state index contributed by atoms with van der Waals surface area (Å²) in [6.07, 6.45) is 3.90. The minimum atomic E-state index is 0.0595. The highest BCUT2D eigenvalue weighted by molar-refractivity contribution is 7.99. The molecule has 0 bridgehead atoms. The Morgan fingerprint density at radius 2 is 2.38 bits per heavy atom. The first-order chi connectivity index (χ1) is 7.68. The van der Waals surface area contributed by atoms with Crippen LogP contribution in [0.15, 0.2) is 24.5 Å². The fourth-order valence-corrected chi connectivity index (χ4v) is 2.11. The number of carbonyl (C=O) groups is 1. The summed E-state index contributed by atoms with van der Waals surface area (Å²) >= 11 is 1.82. The molecule has 4 heteroatoms. The lowest BCUT2D eigenvalue weighted by Gasteiger charge is -2.05. The maximum Gasteiger partial charge on any atom is 0.225 e. The second-order valence-corrected chi connectivity index (χ2v) is 5.16. The molecule has 1 aromatic heterocycles. The first kappa shape index (κ1) is 13.0. The lowest BCUT2D eigenvalue weighted by atomic mass is 10.3. The van der Waals surface area contributed by atoms with Crippen LogP contribution < -0.4 is 5.32 Å². The molecule has 1 rings (SSSR count). The molecule has 0 radical (unpaired) electrons. The average Bonchev–Trinajstić information content (AvgIpc) is 2.25. The van der Waals surface area contributed by atoms with Crippen molar-refractivity contribution < 1.29 is 4.79 Å². The Morgan fingerprint density at radius 1 is 1.56 bits per heavy atom. The highest BCUT2D eigenvalue weighted by atomic mass is 32.2. The Morgan fingerprint density at radius 3 is 3.00 bits per heavy atom. The number of anilines is 1. The fourth-order valence-electron chi connectivity index (χ4n) is 1.14. The van der Waals surface area contributed by atoms with Crippen molar-refractivity contribution in [3.63, 3.8) is 0 Å². The molecular weight excluding hydrogens is 220 g/mol. The van der Waals surface area contributed by atoms with Gasteiger partial charge in [0.05, 0.1) is 11.9 Å². The molecule has 0 fully saturated rings.